The zero-order valence-electron chi connectivity index (χ0n) is 17.5. The number of aliphatic imine (C=N–C) groups is 1. The van der Waals surface area contributed by atoms with Gasteiger partial charge in [0.25, 0.3) is 0 Å². The molecule has 2 fully saturated rings. The van der Waals surface area contributed by atoms with Gasteiger partial charge in [0.2, 0.25) is 0 Å². The Labute approximate surface area is 172 Å². The van der Waals surface area contributed by atoms with Crippen molar-refractivity contribution in [1.82, 2.24) is 19.8 Å². The molecule has 2 rings (SSSR count). The van der Waals surface area contributed by atoms with Gasteiger partial charge in [0.1, 0.15) is 0 Å². The van der Waals surface area contributed by atoms with E-state index in [-0.39, 0.29) is 19.1 Å². The fourth-order valence-electron chi connectivity index (χ4n) is 4.00. The second-order valence-corrected chi connectivity index (χ2v) is 10.2. The van der Waals surface area contributed by atoms with E-state index in [2.05, 4.69) is 34.4 Å². The van der Waals surface area contributed by atoms with Crippen LogP contribution in [0.1, 0.15) is 46.0 Å². The summed E-state index contributed by atoms with van der Waals surface area (Å²) in [6.45, 7) is 7.08. The molecule has 0 aromatic carbocycles. The van der Waals surface area contributed by atoms with Crippen molar-refractivity contribution in [2.24, 2.45) is 10.9 Å². The normalized spacial score (nSPS) is 22.2. The van der Waals surface area contributed by atoms with Crippen LogP contribution in [0, 0.1) is 5.92 Å². The summed E-state index contributed by atoms with van der Waals surface area (Å²) in [6.07, 6.45) is 4.13. The fourth-order valence-corrected chi connectivity index (χ4v) is 4.99. The van der Waals surface area contributed by atoms with Crippen LogP contribution in [0.5, 0.6) is 0 Å². The number of nitrogens with zero attached hydrogens (tertiary/aromatic N) is 3. The molecule has 0 aliphatic carbocycles. The molecule has 11 heteroatoms. The molecule has 0 bridgehead atoms. The van der Waals surface area contributed by atoms with Gasteiger partial charge in [0, 0.05) is 38.8 Å². The fraction of sp³-hybridized carbons (Fsp3) is 0.944. The molecule has 2 heterocycles. The lowest BCUT2D eigenvalue weighted by atomic mass is 10.0. The van der Waals surface area contributed by atoms with Gasteiger partial charge in [-0.3, -0.25) is 9.89 Å². The first-order valence-electron chi connectivity index (χ1n) is 10.3. The van der Waals surface area contributed by atoms with Crippen molar-refractivity contribution in [3.63, 3.8) is 0 Å². The van der Waals surface area contributed by atoms with Gasteiger partial charge in [-0.15, -0.1) is 0 Å². The predicted octanol–water partition coefficient (Wildman–Crippen LogP) is 1.98. The largest absolute Gasteiger partial charge is 0.511 e. The van der Waals surface area contributed by atoms with Gasteiger partial charge in [-0.05, 0) is 51.1 Å². The van der Waals surface area contributed by atoms with E-state index < -0.39 is 15.5 Å². The molecule has 2 aliphatic rings. The van der Waals surface area contributed by atoms with E-state index in [0.29, 0.717) is 35.1 Å². The van der Waals surface area contributed by atoms with Crippen LogP contribution in [0.25, 0.3) is 0 Å². The summed E-state index contributed by atoms with van der Waals surface area (Å²) < 4.78 is 61.7. The van der Waals surface area contributed by atoms with Gasteiger partial charge in [0.05, 0.1) is 0 Å². The maximum Gasteiger partial charge on any atom is 0.511 e. The minimum absolute atomic E-state index is 0.115. The van der Waals surface area contributed by atoms with Crippen molar-refractivity contribution in [1.29, 1.82) is 0 Å². The number of likely N-dealkylation sites (tertiary alicyclic amines) is 1. The van der Waals surface area contributed by atoms with Crippen molar-refractivity contribution in [2.45, 2.75) is 63.5 Å². The van der Waals surface area contributed by atoms with Crippen molar-refractivity contribution in [3.05, 3.63) is 0 Å². The Morgan fingerprint density at radius 2 is 1.72 bits per heavy atom. The van der Waals surface area contributed by atoms with Gasteiger partial charge in [-0.25, -0.2) is 8.42 Å². The van der Waals surface area contributed by atoms with E-state index in [1.807, 2.05) is 0 Å². The van der Waals surface area contributed by atoms with Gasteiger partial charge in [-0.2, -0.15) is 17.5 Å². The molecular weight excluding hydrogens is 407 g/mol. The molecule has 170 valence electrons. The van der Waals surface area contributed by atoms with Crippen LogP contribution in [0.2, 0.25) is 0 Å². The summed E-state index contributed by atoms with van der Waals surface area (Å²) in [7, 11) is -3.59. The Bertz CT molecular complexity index is 640. The molecule has 1 atom stereocenters. The van der Waals surface area contributed by atoms with Crippen LogP contribution in [0.3, 0.4) is 0 Å². The molecule has 2 saturated heterocycles. The molecule has 1 unspecified atom stereocenters. The number of guanidine groups is 1. The lowest BCUT2D eigenvalue weighted by molar-refractivity contribution is -0.0494. The molecule has 2 N–H and O–H groups in total. The monoisotopic (exact) mass is 441 g/mol. The highest BCUT2D eigenvalue weighted by Gasteiger charge is 2.50. The lowest BCUT2D eigenvalue weighted by Crippen LogP contribution is -2.53. The second-order valence-electron chi connectivity index (χ2n) is 8.25. The predicted molar refractivity (Wildman–Crippen MR) is 108 cm³/mol. The Kier molecular flexibility index (Phi) is 8.59. The molecule has 2 aliphatic heterocycles. The van der Waals surface area contributed by atoms with Crippen molar-refractivity contribution < 1.29 is 21.6 Å². The Morgan fingerprint density at radius 1 is 1.14 bits per heavy atom. The zero-order valence-corrected chi connectivity index (χ0v) is 18.3. The van der Waals surface area contributed by atoms with Gasteiger partial charge in [-0.1, -0.05) is 13.8 Å². The number of rotatable bonds is 7. The van der Waals surface area contributed by atoms with Crippen LogP contribution in [-0.4, -0.2) is 80.9 Å². The third-order valence-corrected chi connectivity index (χ3v) is 7.19. The summed E-state index contributed by atoms with van der Waals surface area (Å²) in [5, 5.41) is 6.58. The van der Waals surface area contributed by atoms with Crippen LogP contribution in [0.15, 0.2) is 4.99 Å². The Balaban J connectivity index is 1.84. The number of hydrogen-bond donors (Lipinski definition) is 2. The Morgan fingerprint density at radius 3 is 2.21 bits per heavy atom. The molecular formula is C18H34F3N5O2S. The number of nitrogens with one attached hydrogen (secondary N) is 2. The standard InChI is InChI=1S/C18H34F3N5O2S/c1-14(2)12-16(25-8-4-5-9-25)13-23-17(22-3)24-15-6-10-26(11-7-15)29(27,28)18(19,20)21/h14-16H,4-13H2,1-3H3,(H2,22,23,24). The summed E-state index contributed by atoms with van der Waals surface area (Å²) in [5.41, 5.74) is -5.24. The van der Waals surface area contributed by atoms with Crippen LogP contribution in [-0.2, 0) is 10.0 Å². The highest BCUT2D eigenvalue weighted by Crippen LogP contribution is 2.29. The van der Waals surface area contributed by atoms with E-state index in [0.717, 1.165) is 26.1 Å². The summed E-state index contributed by atoms with van der Waals surface area (Å²) in [5.74, 6) is 1.19. The third-order valence-electron chi connectivity index (χ3n) is 5.56. The van der Waals surface area contributed by atoms with E-state index in [1.54, 1.807) is 7.05 Å². The maximum atomic E-state index is 12.7. The molecule has 0 aromatic rings. The first-order valence-corrected chi connectivity index (χ1v) is 11.8. The van der Waals surface area contributed by atoms with Crippen molar-refractivity contribution >= 4 is 16.0 Å². The average molecular weight is 442 g/mol. The van der Waals surface area contributed by atoms with E-state index >= 15 is 0 Å². The van der Waals surface area contributed by atoms with Crippen LogP contribution in [0.4, 0.5) is 13.2 Å². The summed E-state index contributed by atoms with van der Waals surface area (Å²) >= 11 is 0. The topological polar surface area (TPSA) is 77.0 Å². The molecule has 0 aromatic heterocycles. The van der Waals surface area contributed by atoms with Gasteiger partial charge >= 0.3 is 15.5 Å². The van der Waals surface area contributed by atoms with Crippen LogP contribution >= 0.6 is 0 Å². The number of hydrogen-bond acceptors (Lipinski definition) is 4. The molecule has 0 spiro atoms. The quantitative estimate of drug-likeness (QED) is 0.467. The number of alkyl halides is 3. The smallest absolute Gasteiger partial charge is 0.355 e. The van der Waals surface area contributed by atoms with E-state index in [4.69, 9.17) is 0 Å². The van der Waals surface area contributed by atoms with E-state index in [1.165, 1.54) is 12.8 Å². The summed E-state index contributed by atoms with van der Waals surface area (Å²) in [4.78, 5) is 6.73. The average Bonchev–Trinajstić information content (AvgIpc) is 3.17. The number of sulfonamides is 1. The molecule has 0 amide bonds. The number of halogens is 3. The molecule has 0 saturated carbocycles. The highest BCUT2D eigenvalue weighted by atomic mass is 32.2. The van der Waals surface area contributed by atoms with Crippen molar-refractivity contribution in [2.75, 3.05) is 39.8 Å². The molecule has 29 heavy (non-hydrogen) atoms. The third kappa shape index (κ3) is 6.71. The first-order chi connectivity index (χ1) is 13.5. The van der Waals surface area contributed by atoms with E-state index in [9.17, 15) is 21.6 Å². The van der Waals surface area contributed by atoms with Gasteiger partial charge < -0.3 is 10.6 Å². The van der Waals surface area contributed by atoms with Crippen LogP contribution < -0.4 is 10.6 Å². The molecule has 0 radical (unpaired) electrons. The second kappa shape index (κ2) is 10.3. The molecule has 7 nitrogen and oxygen atoms in total. The van der Waals surface area contributed by atoms with Crippen molar-refractivity contribution in [3.8, 4) is 0 Å². The maximum absolute atomic E-state index is 12.7. The van der Waals surface area contributed by atoms with Gasteiger partial charge in [0.15, 0.2) is 5.96 Å². The summed E-state index contributed by atoms with van der Waals surface area (Å²) in [6, 6.07) is 0.297. The zero-order chi connectivity index (χ0) is 21.7. The minimum atomic E-state index is -5.25. The Hall–Kier alpha value is -1.07. The lowest BCUT2D eigenvalue weighted by Gasteiger charge is -2.33. The SMILES string of the molecule is CN=C(NCC(CC(C)C)N1CCCC1)NC1CCN(S(=O)(=O)C(F)(F)F)CC1. The highest BCUT2D eigenvalue weighted by molar-refractivity contribution is 7.90. The first kappa shape index (κ1) is 24.2. The minimum Gasteiger partial charge on any atom is -0.355 e. The number of piperidine rings is 1.